The summed E-state index contributed by atoms with van der Waals surface area (Å²) in [6, 6.07) is 6.15. The average molecular weight is 253 g/mol. The van der Waals surface area contributed by atoms with E-state index >= 15 is 0 Å². The summed E-state index contributed by atoms with van der Waals surface area (Å²) in [5.41, 5.74) is 5.06. The fraction of sp³-hybridized carbons (Fsp3) is 0.615. The van der Waals surface area contributed by atoms with Crippen molar-refractivity contribution < 1.29 is 21.7 Å². The molecule has 15 heavy (non-hydrogen) atoms. The molecule has 0 fully saturated rings. The molecule has 0 spiro atoms. The summed E-state index contributed by atoms with van der Waals surface area (Å²) < 4.78 is 0. The summed E-state index contributed by atoms with van der Waals surface area (Å²) >= 11 is 0. The molecule has 0 unspecified atom stereocenters. The van der Waals surface area contributed by atoms with Crippen molar-refractivity contribution in [1.29, 1.82) is 0 Å². The van der Waals surface area contributed by atoms with Crippen LogP contribution in [0.5, 0.6) is 0 Å². The number of hydrogen-bond donors (Lipinski definition) is 0. The summed E-state index contributed by atoms with van der Waals surface area (Å²) in [4.78, 5) is 0. The van der Waals surface area contributed by atoms with Gasteiger partial charge in [0.2, 0.25) is 0 Å². The predicted molar refractivity (Wildman–Crippen MR) is 65.7 cm³/mol. The van der Waals surface area contributed by atoms with Crippen LogP contribution in [-0.4, -0.2) is 8.07 Å². The van der Waals surface area contributed by atoms with Crippen molar-refractivity contribution in [1.82, 2.24) is 0 Å². The van der Waals surface area contributed by atoms with E-state index in [1.807, 2.05) is 0 Å². The Balaban J connectivity index is 0.00000112. The van der Waals surface area contributed by atoms with Crippen molar-refractivity contribution in [2.75, 3.05) is 0 Å². The van der Waals surface area contributed by atoms with Gasteiger partial charge in [-0.05, 0) is 0 Å². The second-order valence-corrected chi connectivity index (χ2v) is 11.3. The van der Waals surface area contributed by atoms with Crippen molar-refractivity contribution >= 4 is 8.07 Å². The van der Waals surface area contributed by atoms with Crippen LogP contribution in [0, 0.1) is 0 Å². The quantitative estimate of drug-likeness (QED) is 0.557. The van der Waals surface area contributed by atoms with Gasteiger partial charge in [-0.3, -0.25) is 0 Å². The smallest absolute Gasteiger partial charge is 0.0371 e. The van der Waals surface area contributed by atoms with E-state index in [1.165, 1.54) is 31.7 Å². The van der Waals surface area contributed by atoms with Crippen molar-refractivity contribution in [2.45, 2.75) is 51.4 Å². The molecule has 0 amide bonds. The van der Waals surface area contributed by atoms with E-state index in [0.717, 1.165) is 0 Å². The first-order valence-corrected chi connectivity index (χ1v) is 9.53. The van der Waals surface area contributed by atoms with Crippen molar-refractivity contribution in [3.05, 3.63) is 28.8 Å². The van der Waals surface area contributed by atoms with Gasteiger partial charge in [-0.15, -0.1) is 0 Å². The van der Waals surface area contributed by atoms with E-state index in [0.29, 0.717) is 0 Å². The molecule has 2 heteroatoms. The van der Waals surface area contributed by atoms with Gasteiger partial charge in [-0.1, -0.05) is 51.4 Å². The molecule has 2 rings (SSSR count). The maximum atomic E-state index is 2.47. The molecule has 0 aromatic heterocycles. The van der Waals surface area contributed by atoms with Gasteiger partial charge < -0.3 is 0 Å². The van der Waals surface area contributed by atoms with E-state index in [4.69, 9.17) is 0 Å². The molecule has 0 radical (unpaired) electrons. The van der Waals surface area contributed by atoms with Crippen LogP contribution in [0.4, 0.5) is 0 Å². The third-order valence-corrected chi connectivity index (χ3v) is 4.55. The molecule has 0 N–H and O–H groups in total. The van der Waals surface area contributed by atoms with Crippen LogP contribution in [0.2, 0.25) is 19.6 Å². The minimum absolute atomic E-state index is 0. The Labute approximate surface area is 110 Å². The number of rotatable bonds is 2. The third kappa shape index (κ3) is 3.37. The number of hydrogen-bond acceptors (Lipinski definition) is 0. The van der Waals surface area contributed by atoms with Gasteiger partial charge in [0, 0.05) is 29.8 Å². The molecule has 82 valence electrons. The van der Waals surface area contributed by atoms with Gasteiger partial charge >= 0.3 is 0 Å². The molecule has 1 aromatic rings. The zero-order valence-corrected chi connectivity index (χ0v) is 12.8. The second-order valence-electron chi connectivity index (χ2n) is 5.81. The first kappa shape index (κ1) is 13.3. The van der Waals surface area contributed by atoms with Crippen LogP contribution in [0.25, 0.3) is 0 Å². The van der Waals surface area contributed by atoms with E-state index in [-0.39, 0.29) is 21.7 Å². The van der Waals surface area contributed by atoms with Crippen LogP contribution in [-0.2, 0) is 40.6 Å². The van der Waals surface area contributed by atoms with Crippen LogP contribution in [0.15, 0.2) is 12.1 Å². The maximum absolute atomic E-state index is 2.47. The summed E-state index contributed by atoms with van der Waals surface area (Å²) in [6.45, 7) is 7.40. The summed E-state index contributed by atoms with van der Waals surface area (Å²) in [6.07, 6.45) is 5.50. The first-order valence-electron chi connectivity index (χ1n) is 5.82. The Morgan fingerprint density at radius 1 is 1.20 bits per heavy atom. The van der Waals surface area contributed by atoms with Crippen LogP contribution in [0.1, 0.15) is 29.5 Å². The molecular weight excluding hydrogens is 232 g/mol. The summed E-state index contributed by atoms with van der Waals surface area (Å²) in [5.74, 6) is 0. The Kier molecular flexibility index (Phi) is 4.51. The summed E-state index contributed by atoms with van der Waals surface area (Å²) in [7, 11) is -0.921. The standard InChI is InChI=1S/C13H21Si.Ti/c1-14(2,3)10-12-9-8-11-6-4-5-7-13(11)12;/h8-9H,4-7,10H2,1-3H3;/q-1;. The van der Waals surface area contributed by atoms with E-state index < -0.39 is 8.07 Å². The Bertz CT molecular complexity index is 320. The minimum atomic E-state index is -0.921. The molecule has 1 aromatic carbocycles. The fourth-order valence-electron chi connectivity index (χ4n) is 2.52. The molecule has 0 nitrogen and oxygen atoms in total. The second kappa shape index (κ2) is 5.07. The molecule has 0 bridgehead atoms. The van der Waals surface area contributed by atoms with E-state index in [1.54, 1.807) is 16.7 Å². The normalized spacial score (nSPS) is 15.7. The van der Waals surface area contributed by atoms with Crippen LogP contribution >= 0.6 is 0 Å². The third-order valence-electron chi connectivity index (χ3n) is 3.10. The largest absolute Gasteiger partial charge is 0.210 e. The topological polar surface area (TPSA) is 0 Å². The molecule has 0 saturated carbocycles. The summed E-state index contributed by atoms with van der Waals surface area (Å²) in [5, 5.41) is 0. The van der Waals surface area contributed by atoms with Gasteiger partial charge in [-0.25, -0.2) is 6.07 Å². The van der Waals surface area contributed by atoms with Gasteiger partial charge in [0.1, 0.15) is 0 Å². The molecule has 1 aliphatic rings. The van der Waals surface area contributed by atoms with Crippen molar-refractivity contribution in [2.24, 2.45) is 0 Å². The van der Waals surface area contributed by atoms with Gasteiger partial charge in [-0.2, -0.15) is 22.8 Å². The predicted octanol–water partition coefficient (Wildman–Crippen LogP) is 3.70. The van der Waals surface area contributed by atoms with Crippen LogP contribution in [0.3, 0.4) is 0 Å². The van der Waals surface area contributed by atoms with Gasteiger partial charge in [0.15, 0.2) is 0 Å². The maximum Gasteiger partial charge on any atom is 0.0371 e. The van der Waals surface area contributed by atoms with Gasteiger partial charge in [0.05, 0.1) is 0 Å². The SMILES string of the molecule is C[Si](C)(C)C[c-]1ccc2c1CCCC2.[Ti]. The van der Waals surface area contributed by atoms with Crippen molar-refractivity contribution in [3.63, 3.8) is 0 Å². The van der Waals surface area contributed by atoms with Crippen molar-refractivity contribution in [3.8, 4) is 0 Å². The Morgan fingerprint density at radius 2 is 1.87 bits per heavy atom. The molecule has 0 aliphatic heterocycles. The molecule has 0 heterocycles. The Morgan fingerprint density at radius 3 is 2.53 bits per heavy atom. The minimum Gasteiger partial charge on any atom is -0.210 e. The first-order chi connectivity index (χ1) is 6.56. The molecule has 0 saturated heterocycles. The molecular formula is C13H21SiTi-. The zero-order valence-electron chi connectivity index (χ0n) is 10.2. The number of fused-ring (bicyclic) bond motifs is 1. The Hall–Kier alpha value is 0.281. The average Bonchev–Trinajstić information content (AvgIpc) is 2.47. The van der Waals surface area contributed by atoms with Gasteiger partial charge in [0.25, 0.3) is 0 Å². The molecule has 1 aliphatic carbocycles. The monoisotopic (exact) mass is 253 g/mol. The van der Waals surface area contributed by atoms with E-state index in [9.17, 15) is 0 Å². The molecule has 0 atom stereocenters. The zero-order chi connectivity index (χ0) is 10.2. The fourth-order valence-corrected chi connectivity index (χ4v) is 3.99. The number of aryl methyl sites for hydroxylation is 1. The van der Waals surface area contributed by atoms with E-state index in [2.05, 4.69) is 31.8 Å². The van der Waals surface area contributed by atoms with Crippen LogP contribution < -0.4 is 0 Å².